The number of hydrogen-bond donors (Lipinski definition) is 2. The molecule has 20 heavy (non-hydrogen) atoms. The maximum Gasteiger partial charge on any atom is 0.258 e. The molecule has 1 aliphatic rings. The second-order valence-electron chi connectivity index (χ2n) is 4.28. The standard InChI is InChI=1S/C13H9N5O2/c14-5-8-9(7-1-3-16-4-2-7)10-12(19)17-6-18-13(10)20-11(8)15/h1-4,6,8-9,15H,(H,17,18,19). The summed E-state index contributed by atoms with van der Waals surface area (Å²) in [4.78, 5) is 22.4. The summed E-state index contributed by atoms with van der Waals surface area (Å²) in [7, 11) is 0. The number of aromatic nitrogens is 3. The molecule has 2 N–H and O–H groups in total. The van der Waals surface area contributed by atoms with Crippen LogP contribution in [0, 0.1) is 22.7 Å². The first-order valence-corrected chi connectivity index (χ1v) is 5.85. The number of nitrogens with zero attached hydrogens (tertiary/aromatic N) is 3. The van der Waals surface area contributed by atoms with Crippen molar-refractivity contribution < 1.29 is 4.74 Å². The van der Waals surface area contributed by atoms with Gasteiger partial charge in [-0.05, 0) is 17.7 Å². The smallest absolute Gasteiger partial charge is 0.258 e. The molecule has 0 fully saturated rings. The molecule has 0 bridgehead atoms. The Morgan fingerprint density at radius 1 is 1.40 bits per heavy atom. The van der Waals surface area contributed by atoms with Crippen LogP contribution in [0.3, 0.4) is 0 Å². The summed E-state index contributed by atoms with van der Waals surface area (Å²) in [5, 5.41) is 17.1. The lowest BCUT2D eigenvalue weighted by atomic mass is 9.81. The van der Waals surface area contributed by atoms with E-state index in [9.17, 15) is 10.1 Å². The van der Waals surface area contributed by atoms with Gasteiger partial charge in [-0.3, -0.25) is 15.2 Å². The van der Waals surface area contributed by atoms with Gasteiger partial charge in [-0.2, -0.15) is 5.26 Å². The normalized spacial score (nSPS) is 20.6. The van der Waals surface area contributed by atoms with E-state index in [1.54, 1.807) is 24.5 Å². The Kier molecular flexibility index (Phi) is 2.76. The summed E-state index contributed by atoms with van der Waals surface area (Å²) in [6.07, 6.45) is 4.37. The number of rotatable bonds is 1. The first kappa shape index (κ1) is 12.0. The third kappa shape index (κ3) is 1.75. The highest BCUT2D eigenvalue weighted by atomic mass is 16.5. The molecule has 0 saturated carbocycles. The van der Waals surface area contributed by atoms with Crippen LogP contribution in [0.2, 0.25) is 0 Å². The highest BCUT2D eigenvalue weighted by molar-refractivity contribution is 5.84. The van der Waals surface area contributed by atoms with Gasteiger partial charge in [0.15, 0.2) is 0 Å². The van der Waals surface area contributed by atoms with E-state index in [1.165, 1.54) is 6.33 Å². The van der Waals surface area contributed by atoms with Gasteiger partial charge in [0.25, 0.3) is 5.56 Å². The molecule has 0 saturated heterocycles. The first-order chi connectivity index (χ1) is 9.72. The van der Waals surface area contributed by atoms with Crippen molar-refractivity contribution in [1.29, 1.82) is 10.7 Å². The Bertz CT molecular complexity index is 762. The summed E-state index contributed by atoms with van der Waals surface area (Å²) >= 11 is 0. The largest absolute Gasteiger partial charge is 0.423 e. The molecular formula is C13H9N5O2. The van der Waals surface area contributed by atoms with Gasteiger partial charge in [0.2, 0.25) is 11.8 Å². The third-order valence-corrected chi connectivity index (χ3v) is 3.19. The van der Waals surface area contributed by atoms with Gasteiger partial charge in [0.1, 0.15) is 5.92 Å². The van der Waals surface area contributed by atoms with Gasteiger partial charge in [-0.25, -0.2) is 4.98 Å². The second kappa shape index (κ2) is 4.59. The van der Waals surface area contributed by atoms with Crippen LogP contribution in [0.25, 0.3) is 0 Å². The van der Waals surface area contributed by atoms with E-state index < -0.39 is 11.8 Å². The van der Waals surface area contributed by atoms with E-state index in [0.29, 0.717) is 0 Å². The summed E-state index contributed by atoms with van der Waals surface area (Å²) in [6.45, 7) is 0. The second-order valence-corrected chi connectivity index (χ2v) is 4.28. The van der Waals surface area contributed by atoms with Crippen molar-refractivity contribution in [3.63, 3.8) is 0 Å². The maximum atomic E-state index is 12.0. The zero-order chi connectivity index (χ0) is 14.1. The number of hydrogen-bond acceptors (Lipinski definition) is 6. The highest BCUT2D eigenvalue weighted by Crippen LogP contribution is 2.38. The Morgan fingerprint density at radius 2 is 2.15 bits per heavy atom. The van der Waals surface area contributed by atoms with Gasteiger partial charge < -0.3 is 9.72 Å². The summed E-state index contributed by atoms with van der Waals surface area (Å²) in [5.74, 6) is -1.58. The molecule has 0 radical (unpaired) electrons. The summed E-state index contributed by atoms with van der Waals surface area (Å²) < 4.78 is 5.18. The van der Waals surface area contributed by atoms with Crippen LogP contribution in [0.1, 0.15) is 17.0 Å². The van der Waals surface area contributed by atoms with Gasteiger partial charge in [-0.15, -0.1) is 0 Å². The van der Waals surface area contributed by atoms with Crippen molar-refractivity contribution in [2.45, 2.75) is 5.92 Å². The van der Waals surface area contributed by atoms with Crippen molar-refractivity contribution in [3.05, 3.63) is 52.3 Å². The molecule has 3 heterocycles. The van der Waals surface area contributed by atoms with Crippen molar-refractivity contribution in [2.24, 2.45) is 5.92 Å². The fourth-order valence-electron chi connectivity index (χ4n) is 2.30. The predicted octanol–water partition coefficient (Wildman–Crippen LogP) is 0.806. The van der Waals surface area contributed by atoms with Crippen molar-refractivity contribution in [3.8, 4) is 11.9 Å². The van der Waals surface area contributed by atoms with Crippen LogP contribution in [0.5, 0.6) is 5.88 Å². The van der Waals surface area contributed by atoms with Crippen LogP contribution in [0.4, 0.5) is 0 Å². The van der Waals surface area contributed by atoms with Gasteiger partial charge >= 0.3 is 0 Å². The number of ether oxygens (including phenoxy) is 1. The molecule has 7 heteroatoms. The van der Waals surface area contributed by atoms with Gasteiger partial charge in [0.05, 0.1) is 18.0 Å². The van der Waals surface area contributed by atoms with E-state index >= 15 is 0 Å². The topological polar surface area (TPSA) is 116 Å². The van der Waals surface area contributed by atoms with Crippen LogP contribution < -0.4 is 10.3 Å². The van der Waals surface area contributed by atoms with Gasteiger partial charge in [-0.1, -0.05) is 0 Å². The third-order valence-electron chi connectivity index (χ3n) is 3.19. The minimum atomic E-state index is -0.866. The number of H-pyrrole nitrogens is 1. The lowest BCUT2D eigenvalue weighted by Gasteiger charge is -2.28. The summed E-state index contributed by atoms with van der Waals surface area (Å²) in [6, 6.07) is 5.44. The van der Waals surface area contributed by atoms with E-state index in [4.69, 9.17) is 10.1 Å². The van der Waals surface area contributed by atoms with E-state index in [-0.39, 0.29) is 22.9 Å². The predicted molar refractivity (Wildman–Crippen MR) is 68.4 cm³/mol. The zero-order valence-electron chi connectivity index (χ0n) is 10.2. The molecule has 98 valence electrons. The maximum absolute atomic E-state index is 12.0. The fraction of sp³-hybridized carbons (Fsp3) is 0.154. The minimum absolute atomic E-state index is 0.0760. The molecule has 2 aromatic heterocycles. The van der Waals surface area contributed by atoms with E-state index in [1.807, 2.05) is 6.07 Å². The molecule has 7 nitrogen and oxygen atoms in total. The summed E-state index contributed by atoms with van der Waals surface area (Å²) in [5.41, 5.74) is 0.616. The quantitative estimate of drug-likeness (QED) is 0.793. The molecule has 1 aliphatic heterocycles. The van der Waals surface area contributed by atoms with Crippen LogP contribution in [-0.2, 0) is 0 Å². The van der Waals surface area contributed by atoms with E-state index in [0.717, 1.165) is 5.56 Å². The average molecular weight is 267 g/mol. The lowest BCUT2D eigenvalue weighted by molar-refractivity contribution is 0.429. The Morgan fingerprint density at radius 3 is 2.85 bits per heavy atom. The molecule has 2 unspecified atom stereocenters. The van der Waals surface area contributed by atoms with Crippen molar-refractivity contribution in [1.82, 2.24) is 15.0 Å². The lowest BCUT2D eigenvalue weighted by Crippen LogP contribution is -2.35. The molecule has 2 atom stereocenters. The first-order valence-electron chi connectivity index (χ1n) is 5.85. The number of pyridine rings is 1. The number of fused-ring (bicyclic) bond motifs is 1. The molecule has 0 spiro atoms. The Hall–Kier alpha value is -3.01. The van der Waals surface area contributed by atoms with Gasteiger partial charge in [0, 0.05) is 18.3 Å². The van der Waals surface area contributed by atoms with E-state index in [2.05, 4.69) is 15.0 Å². The van der Waals surface area contributed by atoms with Crippen LogP contribution in [-0.4, -0.2) is 20.8 Å². The monoisotopic (exact) mass is 267 g/mol. The van der Waals surface area contributed by atoms with Crippen LogP contribution >= 0.6 is 0 Å². The minimum Gasteiger partial charge on any atom is -0.423 e. The molecule has 0 amide bonds. The molecule has 3 rings (SSSR count). The molecule has 2 aromatic rings. The fourth-order valence-corrected chi connectivity index (χ4v) is 2.30. The van der Waals surface area contributed by atoms with Crippen LogP contribution in [0.15, 0.2) is 35.6 Å². The number of aromatic amines is 1. The number of nitrogens with one attached hydrogen (secondary N) is 2. The zero-order valence-corrected chi connectivity index (χ0v) is 10.2. The number of nitriles is 1. The Labute approximate surface area is 113 Å². The molecule has 0 aliphatic carbocycles. The average Bonchev–Trinajstić information content (AvgIpc) is 2.47. The molecular weight excluding hydrogens is 258 g/mol. The van der Waals surface area contributed by atoms with Crippen molar-refractivity contribution in [2.75, 3.05) is 0 Å². The molecule has 0 aromatic carbocycles. The Balaban J connectivity index is 2.27. The SMILES string of the molecule is N#CC1C(=N)Oc2nc[nH]c(=O)c2C1c1ccncc1. The highest BCUT2D eigenvalue weighted by Gasteiger charge is 2.39. The van der Waals surface area contributed by atoms with Crippen molar-refractivity contribution >= 4 is 5.90 Å².